The number of hydrogen-bond donors (Lipinski definition) is 1. The Labute approximate surface area is 161 Å². The monoisotopic (exact) mass is 383 g/mol. The van der Waals surface area contributed by atoms with E-state index >= 15 is 0 Å². The number of carbonyl (C=O) groups is 1. The zero-order valence-electron chi connectivity index (χ0n) is 15.3. The Hall–Kier alpha value is -2.58. The topological polar surface area (TPSA) is 81.9 Å². The van der Waals surface area contributed by atoms with Crippen LogP contribution in [0, 0.1) is 0 Å². The van der Waals surface area contributed by atoms with Crippen LogP contribution in [-0.4, -0.2) is 32.5 Å². The Bertz CT molecular complexity index is 929. The van der Waals surface area contributed by atoms with E-state index in [0.717, 1.165) is 35.8 Å². The molecule has 7 nitrogen and oxygen atoms in total. The summed E-state index contributed by atoms with van der Waals surface area (Å²) in [7, 11) is 0. The molecule has 0 bridgehead atoms. The number of amides is 1. The zero-order chi connectivity index (χ0) is 18.8. The summed E-state index contributed by atoms with van der Waals surface area (Å²) < 4.78 is 7.30. The van der Waals surface area contributed by atoms with E-state index < -0.39 is 0 Å². The minimum absolute atomic E-state index is 0.00413. The summed E-state index contributed by atoms with van der Waals surface area (Å²) in [6, 6.07) is 11.5. The fourth-order valence-corrected chi connectivity index (χ4v) is 3.78. The van der Waals surface area contributed by atoms with Gasteiger partial charge in [-0.15, -0.1) is 10.2 Å². The number of ether oxygens (including phenoxy) is 1. The van der Waals surface area contributed by atoms with Crippen molar-refractivity contribution in [1.29, 1.82) is 0 Å². The van der Waals surface area contributed by atoms with Gasteiger partial charge in [-0.3, -0.25) is 10.1 Å². The summed E-state index contributed by atoms with van der Waals surface area (Å²) in [6.07, 6.45) is 1.97. The molecule has 1 aliphatic rings. The Morgan fingerprint density at radius 1 is 1.30 bits per heavy atom. The van der Waals surface area contributed by atoms with Crippen molar-refractivity contribution in [2.24, 2.45) is 0 Å². The Kier molecular flexibility index (Phi) is 5.00. The van der Waals surface area contributed by atoms with E-state index in [1.165, 1.54) is 11.3 Å². The Balaban J connectivity index is 1.59. The van der Waals surface area contributed by atoms with Gasteiger partial charge >= 0.3 is 0 Å². The molecule has 3 aromatic rings. The summed E-state index contributed by atoms with van der Waals surface area (Å²) in [5.41, 5.74) is 2.17. The molecule has 1 amide bonds. The first-order chi connectivity index (χ1) is 13.1. The number of nitrogens with one attached hydrogen (secondary N) is 1. The number of carbonyl (C=O) groups excluding carboxylic acids is 1. The largest absolute Gasteiger partial charge is 0.371 e. The van der Waals surface area contributed by atoms with E-state index in [1.807, 2.05) is 36.4 Å². The first kappa shape index (κ1) is 17.8. The van der Waals surface area contributed by atoms with Crippen LogP contribution in [0.5, 0.6) is 0 Å². The van der Waals surface area contributed by atoms with E-state index in [2.05, 4.69) is 34.5 Å². The van der Waals surface area contributed by atoms with Crippen molar-refractivity contribution in [2.75, 3.05) is 11.9 Å². The first-order valence-corrected chi connectivity index (χ1v) is 9.85. The van der Waals surface area contributed by atoms with Gasteiger partial charge in [0, 0.05) is 6.61 Å². The summed E-state index contributed by atoms with van der Waals surface area (Å²) in [6.45, 7) is 4.86. The molecule has 1 fully saturated rings. The van der Waals surface area contributed by atoms with E-state index in [4.69, 9.17) is 4.74 Å². The lowest BCUT2D eigenvalue weighted by molar-refractivity contribution is 0.101. The van der Waals surface area contributed by atoms with Crippen LogP contribution in [0.25, 0.3) is 5.69 Å². The van der Waals surface area contributed by atoms with E-state index in [1.54, 1.807) is 4.68 Å². The highest BCUT2D eigenvalue weighted by Crippen LogP contribution is 2.32. The number of benzene rings is 1. The maximum Gasteiger partial charge on any atom is 0.276 e. The van der Waals surface area contributed by atoms with Crippen LogP contribution < -0.4 is 5.32 Å². The molecule has 8 heteroatoms. The van der Waals surface area contributed by atoms with Crippen LogP contribution in [0.2, 0.25) is 0 Å². The highest BCUT2D eigenvalue weighted by Gasteiger charge is 2.24. The van der Waals surface area contributed by atoms with E-state index in [0.29, 0.717) is 10.8 Å². The molecule has 1 unspecified atom stereocenters. The molecule has 0 spiro atoms. The van der Waals surface area contributed by atoms with Gasteiger partial charge in [-0.2, -0.15) is 5.10 Å². The van der Waals surface area contributed by atoms with Gasteiger partial charge in [-0.05, 0) is 37.0 Å². The smallest absolute Gasteiger partial charge is 0.276 e. The van der Waals surface area contributed by atoms with Crippen LogP contribution >= 0.6 is 11.3 Å². The molecule has 1 atom stereocenters. The second-order valence-electron chi connectivity index (χ2n) is 6.76. The standard InChI is InChI=1S/C19H21N5O2S/c1-12(2)14-11-15(24(23-14)13-7-4-3-5-8-13)17(25)20-19-22-21-18(27-19)16-9-6-10-26-16/h3-5,7-8,11-12,16H,6,9-10H2,1-2H3,(H,20,22,25). The van der Waals surface area contributed by atoms with Gasteiger partial charge in [0.1, 0.15) is 16.8 Å². The lowest BCUT2D eigenvalue weighted by Gasteiger charge is -2.06. The molecule has 0 saturated carbocycles. The van der Waals surface area contributed by atoms with Crippen LogP contribution in [-0.2, 0) is 4.74 Å². The highest BCUT2D eigenvalue weighted by atomic mass is 32.1. The lowest BCUT2D eigenvalue weighted by Crippen LogP contribution is -2.16. The van der Waals surface area contributed by atoms with Gasteiger partial charge in [0.05, 0.1) is 11.4 Å². The molecular formula is C19H21N5O2S. The third-order valence-corrected chi connectivity index (χ3v) is 5.35. The minimum Gasteiger partial charge on any atom is -0.371 e. The Morgan fingerprint density at radius 2 is 2.11 bits per heavy atom. The molecule has 27 heavy (non-hydrogen) atoms. The second kappa shape index (κ2) is 7.58. The van der Waals surface area contributed by atoms with Gasteiger partial charge in [0.15, 0.2) is 0 Å². The fourth-order valence-electron chi connectivity index (χ4n) is 2.96. The number of hydrogen-bond acceptors (Lipinski definition) is 6. The van der Waals surface area contributed by atoms with Crippen molar-refractivity contribution in [3.05, 3.63) is 52.8 Å². The van der Waals surface area contributed by atoms with E-state index in [9.17, 15) is 4.79 Å². The van der Waals surface area contributed by atoms with Crippen molar-refractivity contribution in [3.63, 3.8) is 0 Å². The number of para-hydroxylation sites is 1. The molecule has 1 saturated heterocycles. The van der Waals surface area contributed by atoms with Crippen LogP contribution in [0.3, 0.4) is 0 Å². The van der Waals surface area contributed by atoms with Crippen LogP contribution in [0.1, 0.15) is 59.9 Å². The average molecular weight is 383 g/mol. The molecule has 3 heterocycles. The number of rotatable bonds is 5. The number of aromatic nitrogens is 4. The molecule has 0 radical (unpaired) electrons. The summed E-state index contributed by atoms with van der Waals surface area (Å²) in [4.78, 5) is 12.9. The molecule has 4 rings (SSSR count). The number of nitrogens with zero attached hydrogens (tertiary/aromatic N) is 4. The maximum absolute atomic E-state index is 12.9. The second-order valence-corrected chi connectivity index (χ2v) is 7.77. The molecular weight excluding hydrogens is 362 g/mol. The zero-order valence-corrected chi connectivity index (χ0v) is 16.1. The average Bonchev–Trinajstić information content (AvgIpc) is 3.42. The predicted octanol–water partition coefficient (Wildman–Crippen LogP) is 3.95. The van der Waals surface area contributed by atoms with Crippen LogP contribution in [0.15, 0.2) is 36.4 Å². The van der Waals surface area contributed by atoms with Gasteiger partial charge in [-0.25, -0.2) is 4.68 Å². The van der Waals surface area contributed by atoms with Gasteiger partial charge < -0.3 is 4.74 Å². The molecule has 0 aliphatic carbocycles. The van der Waals surface area contributed by atoms with Crippen molar-refractivity contribution in [1.82, 2.24) is 20.0 Å². The first-order valence-electron chi connectivity index (χ1n) is 9.03. The summed E-state index contributed by atoms with van der Waals surface area (Å²) >= 11 is 1.36. The molecule has 1 N–H and O–H groups in total. The fraction of sp³-hybridized carbons (Fsp3) is 0.368. The van der Waals surface area contributed by atoms with Crippen molar-refractivity contribution < 1.29 is 9.53 Å². The summed E-state index contributed by atoms with van der Waals surface area (Å²) in [5, 5.41) is 17.0. The van der Waals surface area contributed by atoms with Gasteiger partial charge in [-0.1, -0.05) is 43.4 Å². The van der Waals surface area contributed by atoms with Gasteiger partial charge in [0.25, 0.3) is 5.91 Å². The SMILES string of the molecule is CC(C)c1cc(C(=O)Nc2nnc(C3CCCO3)s2)n(-c2ccccc2)n1. The highest BCUT2D eigenvalue weighted by molar-refractivity contribution is 7.15. The quantitative estimate of drug-likeness (QED) is 0.721. The van der Waals surface area contributed by atoms with E-state index in [-0.39, 0.29) is 17.9 Å². The molecule has 1 aromatic carbocycles. The third kappa shape index (κ3) is 3.77. The maximum atomic E-state index is 12.9. The van der Waals surface area contributed by atoms with Crippen molar-refractivity contribution >= 4 is 22.4 Å². The van der Waals surface area contributed by atoms with Crippen molar-refractivity contribution in [3.8, 4) is 5.69 Å². The lowest BCUT2D eigenvalue weighted by atomic mass is 10.1. The number of anilines is 1. The molecule has 140 valence electrons. The molecule has 1 aliphatic heterocycles. The minimum atomic E-state index is -0.256. The molecule has 2 aromatic heterocycles. The third-order valence-electron chi connectivity index (χ3n) is 4.42. The predicted molar refractivity (Wildman–Crippen MR) is 103 cm³/mol. The van der Waals surface area contributed by atoms with Crippen LogP contribution in [0.4, 0.5) is 5.13 Å². The Morgan fingerprint density at radius 3 is 2.81 bits per heavy atom. The normalized spacial score (nSPS) is 16.8. The van der Waals surface area contributed by atoms with Crippen molar-refractivity contribution in [2.45, 2.75) is 38.7 Å². The van der Waals surface area contributed by atoms with Gasteiger partial charge in [0.2, 0.25) is 5.13 Å². The summed E-state index contributed by atoms with van der Waals surface area (Å²) in [5.74, 6) is -0.0394.